The molecule has 192 valence electrons. The van der Waals surface area contributed by atoms with Crippen LogP contribution >= 0.6 is 23.2 Å². The molecule has 2 atom stereocenters. The van der Waals surface area contributed by atoms with Gasteiger partial charge in [-0.25, -0.2) is 8.42 Å². The van der Waals surface area contributed by atoms with Crippen molar-refractivity contribution >= 4 is 50.7 Å². The number of rotatable bonds is 10. The minimum absolute atomic E-state index is 0.0508. The van der Waals surface area contributed by atoms with Crippen molar-refractivity contribution in [1.29, 1.82) is 0 Å². The van der Waals surface area contributed by atoms with Gasteiger partial charge >= 0.3 is 0 Å². The molecule has 1 N–H and O–H groups in total. The molecule has 2 aromatic carbocycles. The summed E-state index contributed by atoms with van der Waals surface area (Å²) < 4.78 is 26.5. The van der Waals surface area contributed by atoms with Gasteiger partial charge in [0.05, 0.1) is 22.0 Å². The number of hydrogen-bond donors (Lipinski definition) is 1. The van der Waals surface area contributed by atoms with Crippen molar-refractivity contribution in [3.8, 4) is 0 Å². The van der Waals surface area contributed by atoms with Crippen molar-refractivity contribution in [2.45, 2.75) is 59.7 Å². The van der Waals surface area contributed by atoms with Crippen LogP contribution in [0.15, 0.2) is 36.4 Å². The fourth-order valence-electron chi connectivity index (χ4n) is 3.48. The zero-order valence-electron chi connectivity index (χ0n) is 20.9. The van der Waals surface area contributed by atoms with Crippen molar-refractivity contribution in [3.05, 3.63) is 63.1 Å². The predicted octanol–water partition coefficient (Wildman–Crippen LogP) is 4.71. The molecule has 0 radical (unpaired) electrons. The molecule has 7 nitrogen and oxygen atoms in total. The Kier molecular flexibility index (Phi) is 10.0. The van der Waals surface area contributed by atoms with Gasteiger partial charge in [0.15, 0.2) is 0 Å². The highest BCUT2D eigenvalue weighted by Crippen LogP contribution is 2.26. The lowest BCUT2D eigenvalue weighted by molar-refractivity contribution is -0.139. The normalized spacial score (nSPS) is 13.1. The highest BCUT2D eigenvalue weighted by atomic mass is 35.5. The molecule has 0 aliphatic rings. The third-order valence-electron chi connectivity index (χ3n) is 6.03. The molecule has 0 aromatic heterocycles. The molecule has 0 aliphatic carbocycles. The quantitative estimate of drug-likeness (QED) is 0.471. The van der Waals surface area contributed by atoms with E-state index >= 15 is 0 Å². The average molecular weight is 543 g/mol. The number of nitrogens with one attached hydrogen (secondary N) is 1. The van der Waals surface area contributed by atoms with Gasteiger partial charge in [0.2, 0.25) is 21.8 Å². The molecular weight excluding hydrogens is 509 g/mol. The van der Waals surface area contributed by atoms with Crippen LogP contribution in [0.2, 0.25) is 10.0 Å². The lowest BCUT2D eigenvalue weighted by Crippen LogP contribution is -2.52. The van der Waals surface area contributed by atoms with Gasteiger partial charge in [0.1, 0.15) is 12.6 Å². The summed E-state index contributed by atoms with van der Waals surface area (Å²) in [5.41, 5.74) is 2.74. The number of hydrogen-bond acceptors (Lipinski definition) is 4. The number of anilines is 1. The second-order valence-electron chi connectivity index (χ2n) is 8.75. The fourth-order valence-corrected chi connectivity index (χ4v) is 4.70. The van der Waals surface area contributed by atoms with E-state index in [1.807, 2.05) is 33.8 Å². The predicted molar refractivity (Wildman–Crippen MR) is 142 cm³/mol. The number of benzene rings is 2. The second-order valence-corrected chi connectivity index (χ2v) is 11.5. The topological polar surface area (TPSA) is 86.8 Å². The van der Waals surface area contributed by atoms with E-state index in [2.05, 4.69) is 5.32 Å². The molecule has 2 amide bonds. The monoisotopic (exact) mass is 541 g/mol. The molecule has 0 spiro atoms. The summed E-state index contributed by atoms with van der Waals surface area (Å²) in [6.45, 7) is 8.72. The minimum atomic E-state index is -3.79. The van der Waals surface area contributed by atoms with E-state index in [9.17, 15) is 18.0 Å². The Labute approximate surface area is 218 Å². The van der Waals surface area contributed by atoms with E-state index in [0.29, 0.717) is 21.3 Å². The average Bonchev–Trinajstić information content (AvgIpc) is 2.78. The third kappa shape index (κ3) is 7.59. The zero-order valence-corrected chi connectivity index (χ0v) is 23.3. The maximum Gasteiger partial charge on any atom is 0.244 e. The van der Waals surface area contributed by atoms with Gasteiger partial charge in [-0.2, -0.15) is 0 Å². The summed E-state index contributed by atoms with van der Waals surface area (Å²) in [4.78, 5) is 27.9. The summed E-state index contributed by atoms with van der Waals surface area (Å²) in [6, 6.07) is 9.31. The van der Waals surface area contributed by atoms with Gasteiger partial charge in [0.25, 0.3) is 0 Å². The molecular formula is C25H33Cl2N3O4S. The van der Waals surface area contributed by atoms with E-state index in [4.69, 9.17) is 23.2 Å². The van der Waals surface area contributed by atoms with Gasteiger partial charge in [-0.05, 0) is 69.0 Å². The Morgan fingerprint density at radius 3 is 2.29 bits per heavy atom. The van der Waals surface area contributed by atoms with Crippen LogP contribution in [-0.4, -0.2) is 50.0 Å². The maximum absolute atomic E-state index is 13.6. The van der Waals surface area contributed by atoms with E-state index in [0.717, 1.165) is 28.1 Å². The Balaban J connectivity index is 2.45. The Morgan fingerprint density at radius 2 is 1.71 bits per heavy atom. The maximum atomic E-state index is 13.6. The standard InChI is InChI=1S/C25H33Cl2N3O4S/c1-7-17(3)28-25(32)19(5)29(14-20-11-12-21(26)22(27)13-20)24(31)15-30(35(6,33)34)23-10-8-9-16(2)18(23)4/h8-13,17,19H,7,14-15H2,1-6H3,(H,28,32)/t17-,19+/m1/s1. The van der Waals surface area contributed by atoms with E-state index in [-0.39, 0.29) is 18.5 Å². The summed E-state index contributed by atoms with van der Waals surface area (Å²) >= 11 is 12.2. The molecule has 0 unspecified atom stereocenters. The number of carbonyl (C=O) groups is 2. The first-order valence-electron chi connectivity index (χ1n) is 11.3. The molecule has 0 saturated carbocycles. The van der Waals surface area contributed by atoms with Crippen molar-refractivity contribution < 1.29 is 18.0 Å². The first-order valence-corrected chi connectivity index (χ1v) is 13.9. The van der Waals surface area contributed by atoms with Gasteiger partial charge in [-0.1, -0.05) is 48.3 Å². The van der Waals surface area contributed by atoms with Crippen LogP contribution in [0, 0.1) is 13.8 Å². The molecule has 10 heteroatoms. The number of nitrogens with zero attached hydrogens (tertiary/aromatic N) is 2. The number of aryl methyl sites for hydroxylation is 1. The molecule has 35 heavy (non-hydrogen) atoms. The van der Waals surface area contributed by atoms with Crippen molar-refractivity contribution in [2.24, 2.45) is 0 Å². The third-order valence-corrected chi connectivity index (χ3v) is 7.89. The van der Waals surface area contributed by atoms with Gasteiger partial charge in [0, 0.05) is 12.6 Å². The zero-order chi connectivity index (χ0) is 26.5. The smallest absolute Gasteiger partial charge is 0.244 e. The van der Waals surface area contributed by atoms with E-state index in [1.54, 1.807) is 37.3 Å². The molecule has 0 heterocycles. The van der Waals surface area contributed by atoms with Crippen LogP contribution in [-0.2, 0) is 26.2 Å². The largest absolute Gasteiger partial charge is 0.352 e. The van der Waals surface area contributed by atoms with Crippen LogP contribution in [0.1, 0.15) is 43.9 Å². The highest BCUT2D eigenvalue weighted by Gasteiger charge is 2.31. The van der Waals surface area contributed by atoms with Crippen molar-refractivity contribution in [2.75, 3.05) is 17.1 Å². The van der Waals surface area contributed by atoms with Crippen molar-refractivity contribution in [3.63, 3.8) is 0 Å². The number of sulfonamides is 1. The van der Waals surface area contributed by atoms with Crippen LogP contribution < -0.4 is 9.62 Å². The van der Waals surface area contributed by atoms with Crippen LogP contribution in [0.25, 0.3) is 0 Å². The number of carbonyl (C=O) groups excluding carboxylic acids is 2. The van der Waals surface area contributed by atoms with Gasteiger partial charge < -0.3 is 10.2 Å². The first-order chi connectivity index (χ1) is 16.3. The molecule has 2 aromatic rings. The molecule has 0 bridgehead atoms. The summed E-state index contributed by atoms with van der Waals surface area (Å²) in [6.07, 6.45) is 1.79. The summed E-state index contributed by atoms with van der Waals surface area (Å²) in [5.74, 6) is -0.848. The van der Waals surface area contributed by atoms with Gasteiger partial charge in [-0.3, -0.25) is 13.9 Å². The van der Waals surface area contributed by atoms with E-state index in [1.165, 1.54) is 4.90 Å². The lowest BCUT2D eigenvalue weighted by atomic mass is 10.1. The Bertz CT molecular complexity index is 1190. The van der Waals surface area contributed by atoms with Crippen LogP contribution in [0.5, 0.6) is 0 Å². The van der Waals surface area contributed by atoms with Gasteiger partial charge in [-0.15, -0.1) is 0 Å². The lowest BCUT2D eigenvalue weighted by Gasteiger charge is -2.32. The summed E-state index contributed by atoms with van der Waals surface area (Å²) in [7, 11) is -3.79. The van der Waals surface area contributed by atoms with Crippen molar-refractivity contribution in [1.82, 2.24) is 10.2 Å². The minimum Gasteiger partial charge on any atom is -0.352 e. The summed E-state index contributed by atoms with van der Waals surface area (Å²) in [5, 5.41) is 3.58. The molecule has 0 aliphatic heterocycles. The fraction of sp³-hybridized carbons (Fsp3) is 0.440. The number of halogens is 2. The van der Waals surface area contributed by atoms with E-state index < -0.39 is 28.5 Å². The molecule has 0 fully saturated rings. The Hall–Kier alpha value is -2.29. The molecule has 2 rings (SSSR count). The number of amides is 2. The molecule has 0 saturated heterocycles. The second kappa shape index (κ2) is 12.1. The first kappa shape index (κ1) is 28.9. The highest BCUT2D eigenvalue weighted by molar-refractivity contribution is 7.92. The van der Waals surface area contributed by atoms with Crippen LogP contribution in [0.3, 0.4) is 0 Å². The van der Waals surface area contributed by atoms with Crippen LogP contribution in [0.4, 0.5) is 5.69 Å². The Morgan fingerprint density at radius 1 is 1.06 bits per heavy atom. The SMILES string of the molecule is CC[C@@H](C)NC(=O)[C@H](C)N(Cc1ccc(Cl)c(Cl)c1)C(=O)CN(c1cccc(C)c1C)S(C)(=O)=O.